The molecule has 5 rings (SSSR count). The monoisotopic (exact) mass is 429 g/mol. The van der Waals surface area contributed by atoms with Crippen molar-refractivity contribution in [1.29, 1.82) is 0 Å². The zero-order valence-electron chi connectivity index (χ0n) is 18.2. The highest BCUT2D eigenvalue weighted by molar-refractivity contribution is 5.80. The van der Waals surface area contributed by atoms with Crippen LogP contribution in [0.1, 0.15) is 30.0 Å². The maximum atomic E-state index is 7.64. The van der Waals surface area contributed by atoms with Crippen molar-refractivity contribution in [2.24, 2.45) is 0 Å². The number of piperazine rings is 1. The number of H-pyrrole nitrogens is 1. The van der Waals surface area contributed by atoms with E-state index in [-0.39, 0.29) is 0 Å². The first-order chi connectivity index (χ1) is 15.7. The third-order valence-electron chi connectivity index (χ3n) is 6.06. The van der Waals surface area contributed by atoms with Gasteiger partial charge in [0.2, 0.25) is 0 Å². The largest absolute Gasteiger partial charge is 0.375 e. The number of hydrogen-bond donors (Lipinski definition) is 3. The zero-order chi connectivity index (χ0) is 21.9. The lowest BCUT2D eigenvalue weighted by molar-refractivity contribution is 0.313. The molecule has 0 unspecified atom stereocenters. The van der Waals surface area contributed by atoms with Crippen molar-refractivity contribution >= 4 is 28.8 Å². The fourth-order valence-corrected chi connectivity index (χ4v) is 3.91. The summed E-state index contributed by atoms with van der Waals surface area (Å²) in [6, 6.07) is 10.6. The average molecular weight is 430 g/mol. The highest BCUT2D eigenvalue weighted by Crippen LogP contribution is 2.40. The van der Waals surface area contributed by atoms with Gasteiger partial charge in [0.15, 0.2) is 5.82 Å². The number of benzene rings is 1. The van der Waals surface area contributed by atoms with Crippen molar-refractivity contribution in [1.82, 2.24) is 25.1 Å². The first-order valence-electron chi connectivity index (χ1n) is 11.0. The van der Waals surface area contributed by atoms with Crippen LogP contribution in [0.5, 0.6) is 0 Å². The van der Waals surface area contributed by atoms with E-state index in [0.717, 1.165) is 37.4 Å². The van der Waals surface area contributed by atoms with Gasteiger partial charge >= 0.3 is 0 Å². The van der Waals surface area contributed by atoms with Gasteiger partial charge in [0.25, 0.3) is 5.69 Å². The van der Waals surface area contributed by atoms with Crippen LogP contribution < -0.4 is 15.5 Å². The molecule has 1 saturated heterocycles. The summed E-state index contributed by atoms with van der Waals surface area (Å²) in [5, 5.41) is 13.8. The van der Waals surface area contributed by atoms with E-state index < -0.39 is 0 Å². The molecule has 1 aromatic carbocycles. The van der Waals surface area contributed by atoms with Crippen LogP contribution in [0.4, 0.5) is 28.8 Å². The average Bonchev–Trinajstić information content (AvgIpc) is 3.57. The fourth-order valence-electron chi connectivity index (χ4n) is 3.91. The molecule has 2 fully saturated rings. The Bertz CT molecular complexity index is 1100. The van der Waals surface area contributed by atoms with Crippen LogP contribution in [0.15, 0.2) is 36.7 Å². The molecule has 0 amide bonds. The van der Waals surface area contributed by atoms with Crippen LogP contribution >= 0.6 is 0 Å². The molecule has 1 aliphatic heterocycles. The number of anilines is 4. The topological polar surface area (TPSA) is 89.4 Å². The molecule has 0 spiro atoms. The Kier molecular flexibility index (Phi) is 5.60. The number of rotatable bonds is 7. The van der Waals surface area contributed by atoms with Gasteiger partial charge in [-0.05, 0) is 37.6 Å². The molecule has 3 heterocycles. The van der Waals surface area contributed by atoms with Crippen molar-refractivity contribution in [3.8, 4) is 0 Å². The van der Waals surface area contributed by atoms with E-state index in [1.807, 2.05) is 6.07 Å². The molecular weight excluding hydrogens is 402 g/mol. The van der Waals surface area contributed by atoms with E-state index >= 15 is 0 Å². The minimum absolute atomic E-state index is 0.359. The van der Waals surface area contributed by atoms with Gasteiger partial charge in [0.05, 0.1) is 6.57 Å². The summed E-state index contributed by atoms with van der Waals surface area (Å²) >= 11 is 0. The number of aromatic nitrogens is 4. The van der Waals surface area contributed by atoms with E-state index in [0.29, 0.717) is 35.6 Å². The number of nitrogens with zero attached hydrogens (tertiary/aromatic N) is 6. The first-order valence-corrected chi connectivity index (χ1v) is 11.0. The molecule has 1 aliphatic carbocycles. The molecular formula is C23H27N9. The zero-order valence-corrected chi connectivity index (χ0v) is 18.2. The predicted octanol–water partition coefficient (Wildman–Crippen LogP) is 3.74. The molecule has 0 bridgehead atoms. The second-order valence-electron chi connectivity index (χ2n) is 8.45. The van der Waals surface area contributed by atoms with Gasteiger partial charge in [0.1, 0.15) is 18.0 Å². The second-order valence-corrected chi connectivity index (χ2v) is 8.45. The third kappa shape index (κ3) is 4.50. The van der Waals surface area contributed by atoms with Crippen molar-refractivity contribution in [2.75, 3.05) is 48.8 Å². The van der Waals surface area contributed by atoms with E-state index in [9.17, 15) is 0 Å². The quantitative estimate of drug-likeness (QED) is 0.493. The Morgan fingerprint density at radius 2 is 1.84 bits per heavy atom. The van der Waals surface area contributed by atoms with Gasteiger partial charge < -0.3 is 20.4 Å². The molecule has 32 heavy (non-hydrogen) atoms. The highest BCUT2D eigenvalue weighted by atomic mass is 15.2. The maximum Gasteiger partial charge on any atom is 0.269 e. The summed E-state index contributed by atoms with van der Waals surface area (Å²) in [6.45, 7) is 12.5. The number of hydrogen-bond acceptors (Lipinski definition) is 7. The summed E-state index contributed by atoms with van der Waals surface area (Å²) in [4.78, 5) is 17.0. The summed E-state index contributed by atoms with van der Waals surface area (Å²) in [6.07, 6.45) is 3.87. The highest BCUT2D eigenvalue weighted by Gasteiger charge is 2.25. The van der Waals surface area contributed by atoms with E-state index in [1.165, 1.54) is 24.9 Å². The van der Waals surface area contributed by atoms with Gasteiger partial charge in [-0.3, -0.25) is 5.10 Å². The third-order valence-corrected chi connectivity index (χ3v) is 6.06. The minimum atomic E-state index is 0.359. The van der Waals surface area contributed by atoms with Crippen LogP contribution in [0.2, 0.25) is 0 Å². The van der Waals surface area contributed by atoms with Gasteiger partial charge in [-0.1, -0.05) is 12.1 Å². The molecule has 1 saturated carbocycles. The molecule has 0 atom stereocenters. The lowest BCUT2D eigenvalue weighted by Crippen LogP contribution is -2.44. The summed E-state index contributed by atoms with van der Waals surface area (Å²) in [5.41, 5.74) is 3.87. The van der Waals surface area contributed by atoms with Crippen LogP contribution in [-0.2, 0) is 6.54 Å². The molecule has 164 valence electrons. The first kappa shape index (κ1) is 20.3. The standard InChI is InChI=1S/C23H27N9/c1-24-21-22(26-15-27-23(21)28-20-13-19(29-30-20)17-5-6-17)25-14-16-3-7-18(8-4-16)32-11-9-31(2)10-12-32/h3-4,7-8,13,15,17H,5-6,9-12,14H2,2H3,(H3,25,26,27,28,29,30). The fraction of sp³-hybridized carbons (Fsp3) is 0.391. The number of likely N-dealkylation sites (N-methyl/N-ethyl adjacent to an activating group) is 1. The SMILES string of the molecule is [C-]#[N+]c1c(NCc2ccc(N3CCN(C)CC3)cc2)ncnc1Nc1cc(C2CC2)[nH]n1. The van der Waals surface area contributed by atoms with Crippen molar-refractivity contribution in [3.05, 3.63) is 59.3 Å². The smallest absolute Gasteiger partial charge is 0.269 e. The molecule has 2 aliphatic rings. The van der Waals surface area contributed by atoms with Crippen molar-refractivity contribution in [3.63, 3.8) is 0 Å². The Balaban J connectivity index is 1.24. The predicted molar refractivity (Wildman–Crippen MR) is 126 cm³/mol. The second kappa shape index (κ2) is 8.85. The normalized spacial score (nSPS) is 16.6. The molecule has 9 heteroatoms. The van der Waals surface area contributed by atoms with Crippen molar-refractivity contribution in [2.45, 2.75) is 25.3 Å². The molecule has 0 radical (unpaired) electrons. The molecule has 3 N–H and O–H groups in total. The Hall–Kier alpha value is -3.64. The number of aromatic amines is 1. The molecule has 3 aromatic rings. The molecule has 2 aromatic heterocycles. The lowest BCUT2D eigenvalue weighted by Gasteiger charge is -2.34. The van der Waals surface area contributed by atoms with Gasteiger partial charge in [-0.15, -0.1) is 0 Å². The van der Waals surface area contributed by atoms with Gasteiger partial charge in [-0.25, -0.2) is 14.8 Å². The summed E-state index contributed by atoms with van der Waals surface area (Å²) in [7, 11) is 2.16. The molecule has 9 nitrogen and oxygen atoms in total. The Morgan fingerprint density at radius 3 is 2.56 bits per heavy atom. The van der Waals surface area contributed by atoms with Gasteiger partial charge in [-0.2, -0.15) is 5.10 Å². The number of nitrogens with one attached hydrogen (secondary N) is 3. The van der Waals surface area contributed by atoms with E-state index in [1.54, 1.807) is 0 Å². The van der Waals surface area contributed by atoms with Crippen LogP contribution in [0.3, 0.4) is 0 Å². The Labute approximate surface area is 187 Å². The van der Waals surface area contributed by atoms with Crippen LogP contribution in [0.25, 0.3) is 4.85 Å². The van der Waals surface area contributed by atoms with Crippen LogP contribution in [-0.4, -0.2) is 58.3 Å². The summed E-state index contributed by atoms with van der Waals surface area (Å²) in [5.74, 6) is 2.22. The van der Waals surface area contributed by atoms with E-state index in [4.69, 9.17) is 6.57 Å². The lowest BCUT2D eigenvalue weighted by atomic mass is 10.1. The maximum absolute atomic E-state index is 7.64. The van der Waals surface area contributed by atoms with Gasteiger partial charge in [0, 0.05) is 56.1 Å². The van der Waals surface area contributed by atoms with Crippen LogP contribution in [0, 0.1) is 6.57 Å². The minimum Gasteiger partial charge on any atom is -0.375 e. The van der Waals surface area contributed by atoms with Crippen molar-refractivity contribution < 1.29 is 0 Å². The van der Waals surface area contributed by atoms with E-state index in [2.05, 4.69) is 76.8 Å². The summed E-state index contributed by atoms with van der Waals surface area (Å²) < 4.78 is 0. The Morgan fingerprint density at radius 1 is 1.09 bits per heavy atom.